The van der Waals surface area contributed by atoms with Crippen LogP contribution in [0.1, 0.15) is 95.9 Å². The molecule has 3 heterocycles. The molecule has 0 amide bonds. The van der Waals surface area contributed by atoms with E-state index >= 15 is 0 Å². The van der Waals surface area contributed by atoms with Crippen molar-refractivity contribution >= 4 is 57.2 Å². The van der Waals surface area contributed by atoms with E-state index in [9.17, 15) is 0 Å². The molecule has 5 aromatic rings. The molecule has 0 saturated heterocycles. The van der Waals surface area contributed by atoms with E-state index in [0.29, 0.717) is 0 Å². The number of fused-ring (bicyclic) bond motifs is 6. The molecule has 0 unspecified atom stereocenters. The fourth-order valence-corrected chi connectivity index (χ4v) is 12.4. The van der Waals surface area contributed by atoms with Gasteiger partial charge in [-0.3, -0.25) is 0 Å². The highest BCUT2D eigenvalue weighted by atomic mass is 15.2. The van der Waals surface area contributed by atoms with Gasteiger partial charge in [-0.1, -0.05) is 108 Å². The molecule has 1 spiro atoms. The molecule has 254 valence electrons. The Morgan fingerprint density at radius 2 is 1.14 bits per heavy atom. The van der Waals surface area contributed by atoms with E-state index in [1.165, 1.54) is 93.7 Å². The summed E-state index contributed by atoms with van der Waals surface area (Å²) in [7, 11) is 0. The highest BCUT2D eigenvalue weighted by molar-refractivity contribution is 7.00. The summed E-state index contributed by atoms with van der Waals surface area (Å²) in [5, 5.41) is 0. The molecule has 4 bridgehead atoms. The van der Waals surface area contributed by atoms with Crippen LogP contribution >= 0.6 is 0 Å². The third-order valence-electron chi connectivity index (χ3n) is 14.3. The largest absolute Gasteiger partial charge is 0.311 e. The molecule has 3 aliphatic heterocycles. The van der Waals surface area contributed by atoms with Gasteiger partial charge in [-0.05, 0) is 142 Å². The number of benzene rings is 5. The fraction of sp³-hybridized carbons (Fsp3) is 0.375. The van der Waals surface area contributed by atoms with Gasteiger partial charge in [0.05, 0.1) is 5.69 Å². The van der Waals surface area contributed by atoms with Gasteiger partial charge in [-0.15, -0.1) is 0 Å². The minimum atomic E-state index is 0.0476. The lowest BCUT2D eigenvalue weighted by Gasteiger charge is -2.64. The Hall–Kier alpha value is -4.24. The molecule has 0 aromatic heterocycles. The van der Waals surface area contributed by atoms with E-state index < -0.39 is 0 Å². The molecular weight excluding hydrogens is 615 g/mol. The first-order valence-corrected chi connectivity index (χ1v) is 19.7. The van der Waals surface area contributed by atoms with Crippen molar-refractivity contribution in [1.29, 1.82) is 0 Å². The maximum absolute atomic E-state index is 2.72. The number of para-hydroxylation sites is 2. The minimum Gasteiger partial charge on any atom is -0.311 e. The summed E-state index contributed by atoms with van der Waals surface area (Å²) in [6.45, 7) is 14.2. The van der Waals surface area contributed by atoms with Crippen molar-refractivity contribution in [3.8, 4) is 0 Å². The standard InChI is InChI=1S/C48H49BN2/c1-46(2,3)31-12-9-13-35(27-31)50-41-21-20-32(47(4,5)6)28-39(41)49-38-16-10-15-37-45(38)51(43-19-11-18-42(50)44(43)49)40-17-8-7-14-36(40)48(37)33-23-29-22-30(25-33)26-34(48)24-29/h7-21,27-30,33-34H,22-26H2,1-6H3. The lowest BCUT2D eigenvalue weighted by Crippen LogP contribution is -2.64. The quantitative estimate of drug-likeness (QED) is 0.161. The van der Waals surface area contributed by atoms with Crippen LogP contribution in [-0.4, -0.2) is 6.71 Å². The number of nitrogens with zero attached hydrogens (tertiary/aromatic N) is 2. The van der Waals surface area contributed by atoms with Crippen LogP contribution in [0.15, 0.2) is 103 Å². The summed E-state index contributed by atoms with van der Waals surface area (Å²) >= 11 is 0. The van der Waals surface area contributed by atoms with Gasteiger partial charge < -0.3 is 9.80 Å². The van der Waals surface area contributed by atoms with Gasteiger partial charge in [0.15, 0.2) is 0 Å². The van der Waals surface area contributed by atoms with Crippen LogP contribution in [0.4, 0.5) is 34.1 Å². The zero-order chi connectivity index (χ0) is 34.6. The third-order valence-corrected chi connectivity index (χ3v) is 14.3. The first-order valence-electron chi connectivity index (χ1n) is 19.7. The van der Waals surface area contributed by atoms with E-state index in [1.54, 1.807) is 11.1 Å². The molecule has 4 aliphatic carbocycles. The Morgan fingerprint density at radius 1 is 0.529 bits per heavy atom. The van der Waals surface area contributed by atoms with Crippen molar-refractivity contribution in [2.45, 2.75) is 89.9 Å². The fourth-order valence-electron chi connectivity index (χ4n) is 12.4. The summed E-state index contributed by atoms with van der Waals surface area (Å²) in [5.74, 6) is 3.31. The van der Waals surface area contributed by atoms with Crippen LogP contribution in [0, 0.1) is 23.7 Å². The van der Waals surface area contributed by atoms with E-state index in [4.69, 9.17) is 0 Å². The highest BCUT2D eigenvalue weighted by Crippen LogP contribution is 2.69. The molecule has 0 radical (unpaired) electrons. The zero-order valence-corrected chi connectivity index (χ0v) is 31.1. The number of rotatable bonds is 1. The topological polar surface area (TPSA) is 6.48 Å². The molecule has 2 nitrogen and oxygen atoms in total. The summed E-state index contributed by atoms with van der Waals surface area (Å²) in [6, 6.07) is 41.0. The van der Waals surface area contributed by atoms with Gasteiger partial charge in [0.1, 0.15) is 0 Å². The lowest BCUT2D eigenvalue weighted by molar-refractivity contribution is -0.0419. The molecule has 12 rings (SSSR count). The van der Waals surface area contributed by atoms with E-state index in [0.717, 1.165) is 23.7 Å². The smallest absolute Gasteiger partial charge is 0.252 e. The number of hydrogen-bond donors (Lipinski definition) is 0. The van der Waals surface area contributed by atoms with Crippen molar-refractivity contribution in [3.05, 3.63) is 125 Å². The second-order valence-electron chi connectivity index (χ2n) is 19.1. The predicted octanol–water partition coefficient (Wildman–Crippen LogP) is 10.4. The lowest BCUT2D eigenvalue weighted by atomic mass is 9.32. The zero-order valence-electron chi connectivity index (χ0n) is 31.1. The molecule has 5 aromatic carbocycles. The number of anilines is 6. The third kappa shape index (κ3) is 3.91. The van der Waals surface area contributed by atoms with Crippen molar-refractivity contribution in [3.63, 3.8) is 0 Å². The maximum Gasteiger partial charge on any atom is 0.252 e. The summed E-state index contributed by atoms with van der Waals surface area (Å²) in [4.78, 5) is 5.30. The molecule has 3 heteroatoms. The first-order chi connectivity index (χ1) is 24.5. The Bertz CT molecular complexity index is 2260. The van der Waals surface area contributed by atoms with Crippen LogP contribution in [-0.2, 0) is 16.2 Å². The summed E-state index contributed by atoms with van der Waals surface area (Å²) in [6.07, 6.45) is 7.07. The second kappa shape index (κ2) is 10.00. The molecule has 4 fully saturated rings. The Balaban J connectivity index is 1.22. The first kappa shape index (κ1) is 30.4. The van der Waals surface area contributed by atoms with Gasteiger partial charge in [-0.2, -0.15) is 0 Å². The van der Waals surface area contributed by atoms with Gasteiger partial charge >= 0.3 is 0 Å². The Kier molecular flexibility index (Phi) is 5.96. The number of hydrogen-bond acceptors (Lipinski definition) is 2. The van der Waals surface area contributed by atoms with Crippen molar-refractivity contribution in [2.24, 2.45) is 23.7 Å². The second-order valence-corrected chi connectivity index (χ2v) is 19.1. The Morgan fingerprint density at radius 3 is 1.86 bits per heavy atom. The molecule has 51 heavy (non-hydrogen) atoms. The average molecular weight is 665 g/mol. The predicted molar refractivity (Wildman–Crippen MR) is 216 cm³/mol. The molecule has 4 saturated carbocycles. The van der Waals surface area contributed by atoms with Crippen LogP contribution in [0.2, 0.25) is 0 Å². The van der Waals surface area contributed by atoms with Crippen molar-refractivity contribution < 1.29 is 0 Å². The monoisotopic (exact) mass is 664 g/mol. The van der Waals surface area contributed by atoms with Crippen LogP contribution in [0.25, 0.3) is 0 Å². The van der Waals surface area contributed by atoms with Crippen molar-refractivity contribution in [2.75, 3.05) is 9.80 Å². The SMILES string of the molecule is CC(C)(C)c1cccc(N2c3ccc(C(C)(C)C)cc3B3c4cccc5c4N(c4ccccc4C54C5CC6CC(C5)CC4C6)c4cccc2c43)c1. The summed E-state index contributed by atoms with van der Waals surface area (Å²) < 4.78 is 0. The molecule has 7 aliphatic rings. The van der Waals surface area contributed by atoms with Crippen molar-refractivity contribution in [1.82, 2.24) is 0 Å². The van der Waals surface area contributed by atoms with Gasteiger partial charge in [0.25, 0.3) is 6.71 Å². The van der Waals surface area contributed by atoms with Crippen LogP contribution < -0.4 is 26.2 Å². The van der Waals surface area contributed by atoms with Gasteiger partial charge in [0.2, 0.25) is 0 Å². The van der Waals surface area contributed by atoms with E-state index in [2.05, 4.69) is 154 Å². The van der Waals surface area contributed by atoms with Crippen LogP contribution in [0.5, 0.6) is 0 Å². The van der Waals surface area contributed by atoms with Crippen LogP contribution in [0.3, 0.4) is 0 Å². The average Bonchev–Trinajstić information content (AvgIpc) is 3.11. The van der Waals surface area contributed by atoms with Gasteiger partial charge in [-0.25, -0.2) is 0 Å². The van der Waals surface area contributed by atoms with E-state index in [1.807, 2.05) is 0 Å². The van der Waals surface area contributed by atoms with E-state index in [-0.39, 0.29) is 23.0 Å². The normalized spacial score (nSPS) is 26.2. The molecular formula is C48H49BN2. The molecule has 0 N–H and O–H groups in total. The van der Waals surface area contributed by atoms with Gasteiger partial charge in [0, 0.05) is 33.9 Å². The molecule has 0 atom stereocenters. The highest BCUT2D eigenvalue weighted by Gasteiger charge is 2.62. The maximum atomic E-state index is 2.72. The summed E-state index contributed by atoms with van der Waals surface area (Å²) in [5.41, 5.74) is 18.7. The minimum absolute atomic E-state index is 0.0476. The Labute approximate surface area is 305 Å².